The fourth-order valence-corrected chi connectivity index (χ4v) is 8.20. The summed E-state index contributed by atoms with van der Waals surface area (Å²) in [6.07, 6.45) is -3.84. The van der Waals surface area contributed by atoms with Crippen molar-refractivity contribution < 1.29 is 65.5 Å². The Kier molecular flexibility index (Phi) is 10.2. The number of hydroxylamine groups is 1. The minimum absolute atomic E-state index is 0.0610. The van der Waals surface area contributed by atoms with Crippen LogP contribution in [0.4, 0.5) is 4.79 Å². The second kappa shape index (κ2) is 13.7. The van der Waals surface area contributed by atoms with Crippen LogP contribution in [-0.2, 0) is 41.2 Å². The van der Waals surface area contributed by atoms with Crippen LogP contribution in [0.25, 0.3) is 11.1 Å². The molecule has 1 aliphatic carbocycles. The van der Waals surface area contributed by atoms with E-state index in [1.54, 1.807) is 0 Å². The first-order valence-corrected chi connectivity index (χ1v) is 18.1. The topological polar surface area (TPSA) is 271 Å². The van der Waals surface area contributed by atoms with Crippen molar-refractivity contribution in [1.82, 2.24) is 15.0 Å². The minimum atomic E-state index is -5.80. The Balaban J connectivity index is 1.26. The summed E-state index contributed by atoms with van der Waals surface area (Å²) in [5.41, 5.74) is 4.65. The van der Waals surface area contributed by atoms with Crippen molar-refractivity contribution in [3.63, 3.8) is 0 Å². The number of hydrogen-bond acceptors (Lipinski definition) is 12. The van der Waals surface area contributed by atoms with Crippen molar-refractivity contribution in [2.45, 2.75) is 37.7 Å². The number of aromatic amines is 1. The third-order valence-corrected chi connectivity index (χ3v) is 10.9. The molecule has 1 fully saturated rings. The van der Waals surface area contributed by atoms with Crippen LogP contribution < -0.4 is 16.7 Å². The molecule has 2 aliphatic rings. The highest BCUT2D eigenvalue weighted by molar-refractivity contribution is 7.66. The fraction of sp³-hybridized carbons (Fsp3) is 0.320. The van der Waals surface area contributed by atoms with E-state index in [0.717, 1.165) is 26.8 Å². The van der Waals surface area contributed by atoms with Crippen LogP contribution in [0.1, 0.15) is 35.3 Å². The normalized spacial score (nSPS) is 21.8. The predicted molar refractivity (Wildman–Crippen MR) is 157 cm³/mol. The average Bonchev–Trinajstić information content (AvgIpc) is 3.52. The van der Waals surface area contributed by atoms with E-state index in [1.807, 2.05) is 48.5 Å². The van der Waals surface area contributed by atoms with Gasteiger partial charge in [-0.15, -0.1) is 0 Å². The third kappa shape index (κ3) is 8.61. The van der Waals surface area contributed by atoms with Crippen molar-refractivity contribution in [2.24, 2.45) is 0 Å². The summed E-state index contributed by atoms with van der Waals surface area (Å²) in [7, 11) is -17.0. The molecular formula is C25H28N3O16P3. The van der Waals surface area contributed by atoms with Crippen molar-refractivity contribution in [3.05, 3.63) is 92.3 Å². The van der Waals surface area contributed by atoms with Gasteiger partial charge in [0, 0.05) is 24.1 Å². The van der Waals surface area contributed by atoms with Crippen molar-refractivity contribution in [3.8, 4) is 11.1 Å². The summed E-state index contributed by atoms with van der Waals surface area (Å²) >= 11 is 0. The van der Waals surface area contributed by atoms with Crippen LogP contribution in [0.3, 0.4) is 0 Å². The molecule has 1 aromatic heterocycles. The molecule has 1 saturated heterocycles. The van der Waals surface area contributed by atoms with E-state index in [1.165, 1.54) is 13.1 Å². The molecule has 22 heteroatoms. The first-order valence-electron chi connectivity index (χ1n) is 13.5. The van der Waals surface area contributed by atoms with Gasteiger partial charge < -0.3 is 29.0 Å². The van der Waals surface area contributed by atoms with E-state index >= 15 is 0 Å². The lowest BCUT2D eigenvalue weighted by Gasteiger charge is -2.21. The zero-order chi connectivity index (χ0) is 34.1. The number of nitrogens with zero attached hydrogens (tertiary/aromatic N) is 1. The standard InChI is InChI=1S/C25H28N3O16P3/c1-14-11-28(24(30)26-23(14)29)22-10-20(21(41-22)13-40-46(35,36)44-47(37,38)43-45(32,33)34)42-27-25(31)39-12-19-17-8-4-2-6-15(17)16-7-3-5-9-18(16)19/h2-9,11,19-22H,10,12-13H2,1H3,(H,27,31)(H,35,36)(H,37,38)(H,26,29,30)(H2,32,33,34)/t20-,21+,22+/m0/s1. The Bertz CT molecular complexity index is 1880. The summed E-state index contributed by atoms with van der Waals surface area (Å²) in [4.78, 5) is 81.2. The van der Waals surface area contributed by atoms with E-state index in [2.05, 4.69) is 23.6 Å². The van der Waals surface area contributed by atoms with Gasteiger partial charge in [-0.2, -0.15) is 14.1 Å². The molecule has 2 heterocycles. The number of H-pyrrole nitrogens is 1. The summed E-state index contributed by atoms with van der Waals surface area (Å²) < 4.78 is 59.0. The zero-order valence-corrected chi connectivity index (χ0v) is 26.8. The van der Waals surface area contributed by atoms with Crippen molar-refractivity contribution in [2.75, 3.05) is 13.2 Å². The van der Waals surface area contributed by atoms with E-state index in [9.17, 15) is 37.9 Å². The molecule has 19 nitrogen and oxygen atoms in total. The van der Waals surface area contributed by atoms with E-state index < -0.39 is 65.9 Å². The van der Waals surface area contributed by atoms with Crippen LogP contribution in [0.5, 0.6) is 0 Å². The molecule has 5 rings (SSSR count). The number of phosphoric acid groups is 3. The molecule has 6 N–H and O–H groups in total. The Labute approximate surface area is 264 Å². The zero-order valence-electron chi connectivity index (χ0n) is 24.1. The van der Waals surface area contributed by atoms with Crippen LogP contribution >= 0.6 is 23.5 Å². The monoisotopic (exact) mass is 719 g/mol. The molecule has 0 spiro atoms. The molecule has 2 aromatic carbocycles. The number of aryl methyl sites for hydroxylation is 1. The summed E-state index contributed by atoms with van der Waals surface area (Å²) in [5.74, 6) is -0.264. The number of phosphoric ester groups is 1. The van der Waals surface area contributed by atoms with Gasteiger partial charge >= 0.3 is 35.3 Å². The Morgan fingerprint density at radius 3 is 2.19 bits per heavy atom. The SMILES string of the molecule is Cc1cn([C@H]2C[C@H](ONC(=O)OCC3c4ccccc4-c4ccccc43)[C@@H](COP(=O)(O)OP(=O)(O)OP(=O)(O)O)O2)c(=O)[nH]c1=O. The molecule has 254 valence electrons. The maximum atomic E-state index is 12.7. The quantitative estimate of drug-likeness (QED) is 0.116. The van der Waals surface area contributed by atoms with E-state index in [-0.39, 0.29) is 24.5 Å². The third-order valence-electron chi connectivity index (χ3n) is 7.09. The highest BCUT2D eigenvalue weighted by Gasteiger charge is 2.44. The number of ether oxygens (including phenoxy) is 2. The maximum absolute atomic E-state index is 12.7. The Morgan fingerprint density at radius 2 is 1.57 bits per heavy atom. The predicted octanol–water partition coefficient (Wildman–Crippen LogP) is 2.31. The lowest BCUT2D eigenvalue weighted by molar-refractivity contribution is -0.0836. The second-order valence-electron chi connectivity index (χ2n) is 10.3. The van der Waals surface area contributed by atoms with Gasteiger partial charge in [0.2, 0.25) is 0 Å². The van der Waals surface area contributed by atoms with Gasteiger partial charge in [0.25, 0.3) is 5.56 Å². The number of carbonyl (C=O) groups excluding carboxylic acids is 1. The van der Waals surface area contributed by atoms with Gasteiger partial charge in [-0.1, -0.05) is 48.5 Å². The van der Waals surface area contributed by atoms with Crippen molar-refractivity contribution in [1.29, 1.82) is 0 Å². The molecule has 47 heavy (non-hydrogen) atoms. The Hall–Kier alpha value is -3.28. The highest BCUT2D eigenvalue weighted by atomic mass is 31.3. The van der Waals surface area contributed by atoms with E-state index in [0.29, 0.717) is 0 Å². The van der Waals surface area contributed by atoms with Crippen LogP contribution in [-0.4, -0.2) is 60.6 Å². The van der Waals surface area contributed by atoms with Gasteiger partial charge in [-0.05, 0) is 29.2 Å². The molecule has 1 aliphatic heterocycles. The molecule has 0 saturated carbocycles. The number of amides is 1. The molecule has 0 bridgehead atoms. The first kappa shape index (κ1) is 35.0. The fourth-order valence-electron chi connectivity index (χ4n) is 5.17. The van der Waals surface area contributed by atoms with E-state index in [4.69, 9.17) is 24.1 Å². The second-order valence-corrected chi connectivity index (χ2v) is 14.7. The molecule has 3 aromatic rings. The summed E-state index contributed by atoms with van der Waals surface area (Å²) in [6.45, 7) is 0.409. The van der Waals surface area contributed by atoms with Crippen LogP contribution in [0, 0.1) is 6.92 Å². The number of carbonyl (C=O) groups is 1. The van der Waals surface area contributed by atoms with Gasteiger partial charge in [0.05, 0.1) is 6.61 Å². The lowest BCUT2D eigenvalue weighted by Crippen LogP contribution is -2.37. The smallest absolute Gasteiger partial charge is 0.447 e. The number of rotatable bonds is 12. The minimum Gasteiger partial charge on any atom is -0.447 e. The number of fused-ring (bicyclic) bond motifs is 3. The maximum Gasteiger partial charge on any atom is 0.490 e. The highest BCUT2D eigenvalue weighted by Crippen LogP contribution is 2.66. The number of aromatic nitrogens is 2. The van der Waals surface area contributed by atoms with Gasteiger partial charge in [-0.3, -0.25) is 23.7 Å². The lowest BCUT2D eigenvalue weighted by atomic mass is 9.98. The first-order chi connectivity index (χ1) is 22.0. The number of benzene rings is 2. The largest absolute Gasteiger partial charge is 0.490 e. The van der Waals surface area contributed by atoms with Gasteiger partial charge in [0.1, 0.15) is 25.0 Å². The molecular weight excluding hydrogens is 691 g/mol. The number of nitrogens with one attached hydrogen (secondary N) is 2. The average molecular weight is 719 g/mol. The summed E-state index contributed by atoms with van der Waals surface area (Å²) in [5, 5.41) is 0. The van der Waals surface area contributed by atoms with Gasteiger partial charge in [0.15, 0.2) is 0 Å². The van der Waals surface area contributed by atoms with Crippen LogP contribution in [0.15, 0.2) is 64.3 Å². The Morgan fingerprint density at radius 1 is 0.957 bits per heavy atom. The van der Waals surface area contributed by atoms with Gasteiger partial charge in [-0.25, -0.2) is 23.3 Å². The molecule has 1 amide bonds. The molecule has 0 radical (unpaired) electrons. The van der Waals surface area contributed by atoms with Crippen molar-refractivity contribution >= 4 is 29.6 Å². The summed E-state index contributed by atoms with van der Waals surface area (Å²) in [6, 6.07) is 15.3. The molecule has 5 atom stereocenters. The molecule has 2 unspecified atom stereocenters. The van der Waals surface area contributed by atoms with Crippen LogP contribution in [0.2, 0.25) is 0 Å². The number of hydrogen-bond donors (Lipinski definition) is 6.